The van der Waals surface area contributed by atoms with Crippen LogP contribution in [0.2, 0.25) is 0 Å². The van der Waals surface area contributed by atoms with Crippen molar-refractivity contribution in [3.8, 4) is 0 Å². The van der Waals surface area contributed by atoms with Crippen molar-refractivity contribution in [2.75, 3.05) is 0 Å². The van der Waals surface area contributed by atoms with Crippen molar-refractivity contribution in [1.82, 2.24) is 0 Å². The van der Waals surface area contributed by atoms with E-state index in [1.807, 2.05) is 0 Å². The maximum Gasteiger partial charge on any atom is 0.0605 e. The summed E-state index contributed by atoms with van der Waals surface area (Å²) in [6.45, 7) is 15.0. The van der Waals surface area contributed by atoms with Crippen LogP contribution in [0.15, 0.2) is 0 Å². The zero-order valence-electron chi connectivity index (χ0n) is 19.7. The summed E-state index contributed by atoms with van der Waals surface area (Å²) in [6, 6.07) is 0. The highest BCUT2D eigenvalue weighted by Gasteiger charge is 2.64. The molecule has 1 N–H and O–H groups in total. The van der Waals surface area contributed by atoms with Crippen LogP contribution in [-0.4, -0.2) is 11.2 Å². The molecule has 0 bridgehead atoms. The van der Waals surface area contributed by atoms with Crippen LogP contribution in [0.5, 0.6) is 0 Å². The van der Waals surface area contributed by atoms with Gasteiger partial charge in [-0.1, -0.05) is 67.2 Å². The summed E-state index contributed by atoms with van der Waals surface area (Å²) in [6.07, 6.45) is 13.7. The first-order valence-electron chi connectivity index (χ1n) is 13.0. The third-order valence-corrected chi connectivity index (χ3v) is 11.2. The molecule has 11 atom stereocenters. The van der Waals surface area contributed by atoms with Crippen molar-refractivity contribution < 1.29 is 5.11 Å². The summed E-state index contributed by atoms with van der Waals surface area (Å²) < 4.78 is 0. The van der Waals surface area contributed by atoms with Crippen LogP contribution in [0, 0.1) is 58.2 Å². The van der Waals surface area contributed by atoms with Gasteiger partial charge in [0.1, 0.15) is 0 Å². The Morgan fingerprint density at radius 1 is 0.929 bits per heavy atom. The van der Waals surface area contributed by atoms with E-state index in [-0.39, 0.29) is 6.10 Å². The fourth-order valence-electron chi connectivity index (χ4n) is 9.81. The van der Waals surface area contributed by atoms with Crippen molar-refractivity contribution in [3.05, 3.63) is 0 Å². The average Bonchev–Trinajstić information content (AvgIpc) is 3.01. The molecular weight excluding hydrogens is 340 g/mol. The Hall–Kier alpha value is -0.0400. The second-order valence-electron chi connectivity index (χ2n) is 12.3. The van der Waals surface area contributed by atoms with Gasteiger partial charge in [0.25, 0.3) is 0 Å². The minimum absolute atomic E-state index is 0.0387. The molecule has 162 valence electrons. The monoisotopic (exact) mass is 388 g/mol. The number of aliphatic hydroxyl groups is 1. The zero-order chi connectivity index (χ0) is 20.3. The number of hydrogen-bond acceptors (Lipinski definition) is 1. The standard InChI is InChI=1S/C27H48O/c1-7-9-18(4)20-10-11-21-24-22(13-15-26(20,21)5)27(6)14-12-17(3)16-23(27)19(8-2)25(24)28/h17-25,28H,7-16H2,1-6H3/t17-,18-,19-,20-,21?,22?,23+,24+,25-,26-,27-/m1/s1. The molecule has 0 amide bonds. The van der Waals surface area contributed by atoms with E-state index >= 15 is 0 Å². The maximum absolute atomic E-state index is 11.8. The summed E-state index contributed by atoms with van der Waals surface area (Å²) in [5, 5.41) is 11.8. The smallest absolute Gasteiger partial charge is 0.0605 e. The first kappa shape index (κ1) is 21.2. The van der Waals surface area contributed by atoms with Crippen LogP contribution < -0.4 is 0 Å². The van der Waals surface area contributed by atoms with Crippen molar-refractivity contribution in [1.29, 1.82) is 0 Å². The highest BCUT2D eigenvalue weighted by atomic mass is 16.3. The third kappa shape index (κ3) is 2.96. The van der Waals surface area contributed by atoms with E-state index in [0.29, 0.717) is 22.7 Å². The van der Waals surface area contributed by atoms with Gasteiger partial charge in [0, 0.05) is 0 Å². The van der Waals surface area contributed by atoms with Crippen molar-refractivity contribution in [2.45, 2.75) is 112 Å². The van der Waals surface area contributed by atoms with E-state index in [2.05, 4.69) is 41.5 Å². The third-order valence-electron chi connectivity index (χ3n) is 11.2. The molecule has 4 aliphatic rings. The average molecular weight is 389 g/mol. The van der Waals surface area contributed by atoms with Gasteiger partial charge in [-0.2, -0.15) is 0 Å². The topological polar surface area (TPSA) is 20.2 Å². The predicted molar refractivity (Wildman–Crippen MR) is 119 cm³/mol. The molecule has 4 aliphatic carbocycles. The summed E-state index contributed by atoms with van der Waals surface area (Å²) in [5.41, 5.74) is 0.978. The summed E-state index contributed by atoms with van der Waals surface area (Å²) in [4.78, 5) is 0. The van der Waals surface area contributed by atoms with E-state index in [1.165, 1.54) is 64.2 Å². The predicted octanol–water partition coefficient (Wildman–Crippen LogP) is 7.32. The second-order valence-corrected chi connectivity index (χ2v) is 12.3. The van der Waals surface area contributed by atoms with Gasteiger partial charge in [0.2, 0.25) is 0 Å². The molecule has 0 radical (unpaired) electrons. The molecule has 0 aliphatic heterocycles. The Balaban J connectivity index is 1.67. The van der Waals surface area contributed by atoms with Crippen LogP contribution in [0.25, 0.3) is 0 Å². The molecule has 1 heteroatoms. The number of hydrogen-bond donors (Lipinski definition) is 1. The first-order valence-corrected chi connectivity index (χ1v) is 13.0. The van der Waals surface area contributed by atoms with Crippen LogP contribution in [-0.2, 0) is 0 Å². The van der Waals surface area contributed by atoms with Gasteiger partial charge in [0.05, 0.1) is 6.10 Å². The molecular formula is C27H48O. The zero-order valence-corrected chi connectivity index (χ0v) is 19.7. The number of aliphatic hydroxyl groups excluding tert-OH is 1. The van der Waals surface area contributed by atoms with E-state index in [4.69, 9.17) is 0 Å². The fourth-order valence-corrected chi connectivity index (χ4v) is 9.81. The molecule has 4 saturated carbocycles. The molecule has 28 heavy (non-hydrogen) atoms. The van der Waals surface area contributed by atoms with Crippen LogP contribution >= 0.6 is 0 Å². The minimum atomic E-state index is -0.0387. The SMILES string of the molecule is CCC[C@@H](C)[C@H]1CCC2[C@H]3C(CC[C@@]21C)[C@@]1(C)CC[C@@H](C)C[C@H]1[C@@H](CC)[C@H]3O. The van der Waals surface area contributed by atoms with Gasteiger partial charge in [-0.3, -0.25) is 0 Å². The van der Waals surface area contributed by atoms with Gasteiger partial charge in [0.15, 0.2) is 0 Å². The summed E-state index contributed by atoms with van der Waals surface area (Å²) in [7, 11) is 0. The first-order chi connectivity index (χ1) is 13.3. The van der Waals surface area contributed by atoms with Crippen molar-refractivity contribution in [3.63, 3.8) is 0 Å². The highest BCUT2D eigenvalue weighted by molar-refractivity contribution is 5.13. The van der Waals surface area contributed by atoms with E-state index in [0.717, 1.165) is 35.5 Å². The van der Waals surface area contributed by atoms with Crippen molar-refractivity contribution >= 4 is 0 Å². The molecule has 0 aromatic carbocycles. The Morgan fingerprint density at radius 2 is 1.61 bits per heavy atom. The molecule has 4 rings (SSSR count). The lowest BCUT2D eigenvalue weighted by Crippen LogP contribution is -2.61. The van der Waals surface area contributed by atoms with E-state index in [9.17, 15) is 5.11 Å². The van der Waals surface area contributed by atoms with E-state index in [1.54, 1.807) is 0 Å². The lowest BCUT2D eigenvalue weighted by molar-refractivity contribution is -0.198. The van der Waals surface area contributed by atoms with E-state index < -0.39 is 0 Å². The largest absolute Gasteiger partial charge is 0.393 e. The molecule has 0 heterocycles. The molecule has 0 aromatic heterocycles. The molecule has 0 saturated heterocycles. The Morgan fingerprint density at radius 3 is 2.29 bits per heavy atom. The fraction of sp³-hybridized carbons (Fsp3) is 1.00. The molecule has 0 aromatic rings. The molecule has 0 spiro atoms. The van der Waals surface area contributed by atoms with Crippen LogP contribution in [0.1, 0.15) is 106 Å². The Kier molecular flexibility index (Phi) is 5.74. The van der Waals surface area contributed by atoms with Gasteiger partial charge in [-0.05, 0) is 96.7 Å². The second kappa shape index (κ2) is 7.58. The van der Waals surface area contributed by atoms with Gasteiger partial charge in [-0.15, -0.1) is 0 Å². The Labute approximate surface area is 175 Å². The van der Waals surface area contributed by atoms with Crippen LogP contribution in [0.3, 0.4) is 0 Å². The van der Waals surface area contributed by atoms with Gasteiger partial charge in [-0.25, -0.2) is 0 Å². The van der Waals surface area contributed by atoms with Gasteiger partial charge < -0.3 is 5.11 Å². The molecule has 2 unspecified atom stereocenters. The molecule has 1 nitrogen and oxygen atoms in total. The minimum Gasteiger partial charge on any atom is -0.393 e. The lowest BCUT2D eigenvalue weighted by Gasteiger charge is -2.65. The van der Waals surface area contributed by atoms with Crippen molar-refractivity contribution in [2.24, 2.45) is 58.2 Å². The maximum atomic E-state index is 11.8. The lowest BCUT2D eigenvalue weighted by atomic mass is 9.41. The highest BCUT2D eigenvalue weighted by Crippen LogP contribution is 2.69. The quantitative estimate of drug-likeness (QED) is 0.534. The number of rotatable bonds is 4. The van der Waals surface area contributed by atoms with Crippen LogP contribution in [0.4, 0.5) is 0 Å². The summed E-state index contributed by atoms with van der Waals surface area (Å²) >= 11 is 0. The molecule has 4 fully saturated rings. The van der Waals surface area contributed by atoms with Gasteiger partial charge >= 0.3 is 0 Å². The summed E-state index contributed by atoms with van der Waals surface area (Å²) in [5.74, 6) is 6.05. The number of fused-ring (bicyclic) bond motifs is 5. The Bertz CT molecular complexity index is 556. The normalized spacial score (nSPS) is 54.5.